The summed E-state index contributed by atoms with van der Waals surface area (Å²) in [5.74, 6) is 1.61. The van der Waals surface area contributed by atoms with E-state index >= 15 is 0 Å². The lowest BCUT2D eigenvalue weighted by atomic mass is 10.2. The van der Waals surface area contributed by atoms with E-state index in [2.05, 4.69) is 11.5 Å². The highest BCUT2D eigenvalue weighted by Gasteiger charge is 2.12. The molecular weight excluding hydrogens is 230 g/mol. The predicted molar refractivity (Wildman–Crippen MR) is 70.0 cm³/mol. The predicted octanol–water partition coefficient (Wildman–Crippen LogP) is 1.44. The number of aliphatic hydroxyl groups is 1. The van der Waals surface area contributed by atoms with Gasteiger partial charge in [-0.05, 0) is 17.7 Å². The maximum Gasteiger partial charge on any atom is 0.161 e. The number of hydrogen-bond acceptors (Lipinski definition) is 4. The Morgan fingerprint density at radius 3 is 2.78 bits per heavy atom. The maximum absolute atomic E-state index is 9.01. The summed E-state index contributed by atoms with van der Waals surface area (Å²) in [4.78, 5) is 2.12. The summed E-state index contributed by atoms with van der Waals surface area (Å²) in [6.45, 7) is 7.25. The van der Waals surface area contributed by atoms with Gasteiger partial charge in [0.1, 0.15) is 13.2 Å². The standard InChI is InChI=1S/C14H19NO3/c1-2-5-15(6-7-16)11-12-3-4-13-14(10-12)18-9-8-17-13/h2-4,10,16H,1,5-9,11H2. The van der Waals surface area contributed by atoms with Crippen molar-refractivity contribution in [3.05, 3.63) is 36.4 Å². The van der Waals surface area contributed by atoms with Gasteiger partial charge in [0.05, 0.1) is 6.61 Å². The van der Waals surface area contributed by atoms with E-state index in [9.17, 15) is 0 Å². The first-order chi connectivity index (χ1) is 8.83. The van der Waals surface area contributed by atoms with Crippen LogP contribution in [0.25, 0.3) is 0 Å². The number of hydrogen-bond donors (Lipinski definition) is 1. The summed E-state index contributed by atoms with van der Waals surface area (Å²) in [6.07, 6.45) is 1.84. The molecule has 0 saturated heterocycles. The second kappa shape index (κ2) is 6.42. The molecule has 0 amide bonds. The molecule has 18 heavy (non-hydrogen) atoms. The molecule has 0 saturated carbocycles. The van der Waals surface area contributed by atoms with Crippen LogP contribution in [0.2, 0.25) is 0 Å². The first-order valence-corrected chi connectivity index (χ1v) is 6.16. The minimum Gasteiger partial charge on any atom is -0.486 e. The molecule has 0 bridgehead atoms. The average Bonchev–Trinajstić information content (AvgIpc) is 2.39. The van der Waals surface area contributed by atoms with Crippen LogP contribution < -0.4 is 9.47 Å². The smallest absolute Gasteiger partial charge is 0.161 e. The molecule has 1 aliphatic rings. The summed E-state index contributed by atoms with van der Waals surface area (Å²) >= 11 is 0. The summed E-state index contributed by atoms with van der Waals surface area (Å²) in [6, 6.07) is 5.97. The molecule has 0 aliphatic carbocycles. The third-order valence-electron chi connectivity index (χ3n) is 2.82. The first kappa shape index (κ1) is 12.9. The van der Waals surface area contributed by atoms with Crippen LogP contribution in [-0.2, 0) is 6.54 Å². The Morgan fingerprint density at radius 2 is 2.06 bits per heavy atom. The Hall–Kier alpha value is -1.52. The molecule has 2 rings (SSSR count). The first-order valence-electron chi connectivity index (χ1n) is 6.16. The van der Waals surface area contributed by atoms with Gasteiger partial charge in [0, 0.05) is 19.6 Å². The highest BCUT2D eigenvalue weighted by molar-refractivity contribution is 5.43. The molecule has 0 spiro atoms. The second-order valence-electron chi connectivity index (χ2n) is 4.23. The van der Waals surface area contributed by atoms with Crippen molar-refractivity contribution in [2.24, 2.45) is 0 Å². The van der Waals surface area contributed by atoms with Crippen molar-refractivity contribution in [2.45, 2.75) is 6.54 Å². The molecule has 0 unspecified atom stereocenters. The molecule has 1 aliphatic heterocycles. The Kier molecular flexibility index (Phi) is 4.61. The van der Waals surface area contributed by atoms with Crippen LogP contribution in [0.4, 0.5) is 0 Å². The van der Waals surface area contributed by atoms with Crippen molar-refractivity contribution in [1.29, 1.82) is 0 Å². The Labute approximate surface area is 107 Å². The molecule has 1 heterocycles. The normalized spacial score (nSPS) is 13.7. The molecule has 0 atom stereocenters. The van der Waals surface area contributed by atoms with E-state index in [0.29, 0.717) is 19.8 Å². The fourth-order valence-corrected chi connectivity index (χ4v) is 2.00. The zero-order chi connectivity index (χ0) is 12.8. The van der Waals surface area contributed by atoms with Gasteiger partial charge in [-0.3, -0.25) is 4.90 Å². The minimum atomic E-state index is 0.151. The fraction of sp³-hybridized carbons (Fsp3) is 0.429. The molecule has 1 aromatic rings. The lowest BCUT2D eigenvalue weighted by Gasteiger charge is -2.22. The lowest BCUT2D eigenvalue weighted by Crippen LogP contribution is -2.26. The van der Waals surface area contributed by atoms with Gasteiger partial charge in [-0.25, -0.2) is 0 Å². The van der Waals surface area contributed by atoms with Crippen molar-refractivity contribution in [3.63, 3.8) is 0 Å². The lowest BCUT2D eigenvalue weighted by molar-refractivity contribution is 0.170. The fourth-order valence-electron chi connectivity index (χ4n) is 2.00. The van der Waals surface area contributed by atoms with Crippen molar-refractivity contribution < 1.29 is 14.6 Å². The van der Waals surface area contributed by atoms with Crippen LogP contribution in [0.1, 0.15) is 5.56 Å². The number of rotatable bonds is 6. The van der Waals surface area contributed by atoms with Gasteiger partial charge in [-0.1, -0.05) is 12.1 Å². The number of nitrogens with zero attached hydrogens (tertiary/aromatic N) is 1. The Balaban J connectivity index is 2.05. The molecule has 0 aromatic heterocycles. The van der Waals surface area contributed by atoms with Gasteiger partial charge in [0.2, 0.25) is 0 Å². The SMILES string of the molecule is C=CCN(CCO)Cc1ccc2c(c1)OCCO2. The van der Waals surface area contributed by atoms with Crippen molar-refractivity contribution >= 4 is 0 Å². The minimum absolute atomic E-state index is 0.151. The molecule has 1 N–H and O–H groups in total. The van der Waals surface area contributed by atoms with Gasteiger partial charge in [-0.2, -0.15) is 0 Å². The largest absolute Gasteiger partial charge is 0.486 e. The quantitative estimate of drug-likeness (QED) is 0.775. The van der Waals surface area contributed by atoms with Gasteiger partial charge in [0.15, 0.2) is 11.5 Å². The molecule has 1 aromatic carbocycles. The van der Waals surface area contributed by atoms with E-state index in [-0.39, 0.29) is 6.61 Å². The maximum atomic E-state index is 9.01. The third-order valence-corrected chi connectivity index (χ3v) is 2.82. The molecule has 98 valence electrons. The van der Waals surface area contributed by atoms with E-state index in [1.165, 1.54) is 0 Å². The van der Waals surface area contributed by atoms with Crippen LogP contribution in [0.3, 0.4) is 0 Å². The zero-order valence-corrected chi connectivity index (χ0v) is 10.5. The summed E-state index contributed by atoms with van der Waals surface area (Å²) in [5.41, 5.74) is 1.15. The van der Waals surface area contributed by atoms with Gasteiger partial charge in [-0.15, -0.1) is 6.58 Å². The van der Waals surface area contributed by atoms with E-state index in [4.69, 9.17) is 14.6 Å². The van der Waals surface area contributed by atoms with E-state index < -0.39 is 0 Å². The van der Waals surface area contributed by atoms with Crippen LogP contribution in [0.15, 0.2) is 30.9 Å². The van der Waals surface area contributed by atoms with Gasteiger partial charge >= 0.3 is 0 Å². The zero-order valence-electron chi connectivity index (χ0n) is 10.5. The average molecular weight is 249 g/mol. The van der Waals surface area contributed by atoms with E-state index in [0.717, 1.165) is 30.2 Å². The third kappa shape index (κ3) is 3.24. The van der Waals surface area contributed by atoms with Crippen LogP contribution in [0.5, 0.6) is 11.5 Å². The highest BCUT2D eigenvalue weighted by Crippen LogP contribution is 2.31. The number of ether oxygens (including phenoxy) is 2. The van der Waals surface area contributed by atoms with Crippen LogP contribution in [-0.4, -0.2) is 42.9 Å². The molecular formula is C14H19NO3. The number of fused-ring (bicyclic) bond motifs is 1. The van der Waals surface area contributed by atoms with Crippen LogP contribution in [0, 0.1) is 0 Å². The van der Waals surface area contributed by atoms with Gasteiger partial charge in [0.25, 0.3) is 0 Å². The molecule has 0 radical (unpaired) electrons. The Bertz CT molecular complexity index is 406. The summed E-state index contributed by atoms with van der Waals surface area (Å²) < 4.78 is 11.0. The number of benzene rings is 1. The molecule has 0 fully saturated rings. The van der Waals surface area contributed by atoms with Crippen molar-refractivity contribution in [3.8, 4) is 11.5 Å². The summed E-state index contributed by atoms with van der Waals surface area (Å²) in [5, 5.41) is 9.01. The second-order valence-corrected chi connectivity index (χ2v) is 4.23. The Morgan fingerprint density at radius 1 is 1.28 bits per heavy atom. The van der Waals surface area contributed by atoms with E-state index in [1.54, 1.807) is 0 Å². The topological polar surface area (TPSA) is 41.9 Å². The number of aliphatic hydroxyl groups excluding tert-OH is 1. The van der Waals surface area contributed by atoms with Gasteiger partial charge < -0.3 is 14.6 Å². The molecule has 4 heteroatoms. The highest BCUT2D eigenvalue weighted by atomic mass is 16.6. The molecule has 4 nitrogen and oxygen atoms in total. The van der Waals surface area contributed by atoms with Crippen molar-refractivity contribution in [1.82, 2.24) is 4.90 Å². The van der Waals surface area contributed by atoms with Crippen molar-refractivity contribution in [2.75, 3.05) is 32.9 Å². The summed E-state index contributed by atoms with van der Waals surface area (Å²) in [7, 11) is 0. The van der Waals surface area contributed by atoms with E-state index in [1.807, 2.05) is 24.3 Å². The van der Waals surface area contributed by atoms with Crippen LogP contribution >= 0.6 is 0 Å². The monoisotopic (exact) mass is 249 g/mol.